The molecule has 0 radical (unpaired) electrons. The zero-order chi connectivity index (χ0) is 13.2. The van der Waals surface area contributed by atoms with Gasteiger partial charge in [0, 0.05) is 37.6 Å². The van der Waals surface area contributed by atoms with E-state index in [1.807, 2.05) is 11.6 Å². The number of piperazine rings is 1. The summed E-state index contributed by atoms with van der Waals surface area (Å²) in [6.07, 6.45) is 0. The molecule has 100 valence electrons. The van der Waals surface area contributed by atoms with E-state index in [1.54, 1.807) is 0 Å². The van der Waals surface area contributed by atoms with Gasteiger partial charge in [0.2, 0.25) is 0 Å². The molecule has 0 spiro atoms. The second kappa shape index (κ2) is 5.05. The van der Waals surface area contributed by atoms with Crippen molar-refractivity contribution in [3.8, 4) is 5.69 Å². The van der Waals surface area contributed by atoms with Crippen LogP contribution in [0.4, 0.5) is 5.69 Å². The maximum Gasteiger partial charge on any atom is 0.0650 e. The van der Waals surface area contributed by atoms with Crippen molar-refractivity contribution in [1.29, 1.82) is 0 Å². The van der Waals surface area contributed by atoms with E-state index >= 15 is 0 Å². The number of hydrogen-bond acceptors (Lipinski definition) is 3. The Bertz CT molecular complexity index is 550. The first-order valence-electron chi connectivity index (χ1n) is 6.83. The highest BCUT2D eigenvalue weighted by atomic mass is 15.3. The number of benzene rings is 1. The van der Waals surface area contributed by atoms with Gasteiger partial charge in [-0.2, -0.15) is 5.10 Å². The van der Waals surface area contributed by atoms with Crippen LogP contribution in [0.15, 0.2) is 30.3 Å². The molecule has 1 N–H and O–H groups in total. The van der Waals surface area contributed by atoms with Crippen molar-refractivity contribution in [2.75, 3.05) is 31.1 Å². The van der Waals surface area contributed by atoms with E-state index in [2.05, 4.69) is 52.6 Å². The molecule has 1 aliphatic heterocycles. The van der Waals surface area contributed by atoms with Crippen LogP contribution in [0.3, 0.4) is 0 Å². The first kappa shape index (κ1) is 12.2. The van der Waals surface area contributed by atoms with Crippen LogP contribution >= 0.6 is 0 Å². The lowest BCUT2D eigenvalue weighted by Gasteiger charge is -2.29. The molecule has 0 aliphatic carbocycles. The first-order valence-corrected chi connectivity index (χ1v) is 6.83. The van der Waals surface area contributed by atoms with Gasteiger partial charge in [0.25, 0.3) is 0 Å². The second-order valence-electron chi connectivity index (χ2n) is 5.09. The van der Waals surface area contributed by atoms with Gasteiger partial charge in [0.15, 0.2) is 0 Å². The van der Waals surface area contributed by atoms with E-state index in [4.69, 9.17) is 0 Å². The predicted octanol–water partition coefficient (Wildman–Crippen LogP) is 1.90. The summed E-state index contributed by atoms with van der Waals surface area (Å²) in [4.78, 5) is 2.42. The summed E-state index contributed by atoms with van der Waals surface area (Å²) in [7, 11) is 0. The molecular formula is C15H20N4. The predicted molar refractivity (Wildman–Crippen MR) is 78.1 cm³/mol. The van der Waals surface area contributed by atoms with Gasteiger partial charge in [-0.1, -0.05) is 0 Å². The molecule has 1 aliphatic rings. The maximum absolute atomic E-state index is 4.52. The van der Waals surface area contributed by atoms with Gasteiger partial charge in [-0.25, -0.2) is 4.68 Å². The number of aryl methyl sites for hydroxylation is 2. The summed E-state index contributed by atoms with van der Waals surface area (Å²) in [6.45, 7) is 8.42. The lowest BCUT2D eigenvalue weighted by Crippen LogP contribution is -2.43. The highest BCUT2D eigenvalue weighted by Crippen LogP contribution is 2.19. The Kier molecular flexibility index (Phi) is 3.25. The minimum Gasteiger partial charge on any atom is -0.369 e. The van der Waals surface area contributed by atoms with Crippen molar-refractivity contribution in [2.45, 2.75) is 13.8 Å². The smallest absolute Gasteiger partial charge is 0.0650 e. The first-order chi connectivity index (χ1) is 9.24. The fourth-order valence-corrected chi connectivity index (χ4v) is 2.62. The number of hydrogen-bond donors (Lipinski definition) is 1. The number of aromatic nitrogens is 2. The third-order valence-corrected chi connectivity index (χ3v) is 3.59. The lowest BCUT2D eigenvalue weighted by atomic mass is 10.2. The van der Waals surface area contributed by atoms with Crippen LogP contribution < -0.4 is 10.2 Å². The van der Waals surface area contributed by atoms with E-state index in [-0.39, 0.29) is 0 Å². The van der Waals surface area contributed by atoms with Crippen molar-refractivity contribution >= 4 is 5.69 Å². The van der Waals surface area contributed by atoms with Crippen LogP contribution in [0.5, 0.6) is 0 Å². The Balaban J connectivity index is 1.84. The third kappa shape index (κ3) is 2.49. The van der Waals surface area contributed by atoms with E-state index in [0.29, 0.717) is 0 Å². The molecule has 0 amide bonds. The van der Waals surface area contributed by atoms with Gasteiger partial charge in [0.1, 0.15) is 0 Å². The second-order valence-corrected chi connectivity index (χ2v) is 5.09. The Morgan fingerprint density at radius 1 is 1.00 bits per heavy atom. The molecule has 3 rings (SSSR count). The van der Waals surface area contributed by atoms with Crippen molar-refractivity contribution in [3.05, 3.63) is 41.7 Å². The average molecular weight is 256 g/mol. The minimum atomic E-state index is 1.06. The van der Waals surface area contributed by atoms with Crippen LogP contribution in [-0.2, 0) is 0 Å². The molecule has 0 atom stereocenters. The van der Waals surface area contributed by atoms with Gasteiger partial charge in [-0.15, -0.1) is 0 Å². The molecule has 0 saturated carbocycles. The molecule has 4 nitrogen and oxygen atoms in total. The van der Waals surface area contributed by atoms with Gasteiger partial charge in [-0.05, 0) is 44.2 Å². The molecule has 0 unspecified atom stereocenters. The maximum atomic E-state index is 4.52. The molecule has 0 bridgehead atoms. The van der Waals surface area contributed by atoms with Crippen LogP contribution in [0, 0.1) is 13.8 Å². The summed E-state index contributed by atoms with van der Waals surface area (Å²) >= 11 is 0. The standard InChI is InChI=1S/C15H20N4/c1-12-11-13(2)19(17-12)15-5-3-14(4-6-15)18-9-7-16-8-10-18/h3-6,11,16H,7-10H2,1-2H3. The molecule has 1 aromatic heterocycles. The van der Waals surface area contributed by atoms with Crippen LogP contribution in [0.25, 0.3) is 5.69 Å². The topological polar surface area (TPSA) is 33.1 Å². The Hall–Kier alpha value is -1.81. The van der Waals surface area contributed by atoms with E-state index < -0.39 is 0 Å². The average Bonchev–Trinajstić information content (AvgIpc) is 2.79. The molecule has 19 heavy (non-hydrogen) atoms. The van der Waals surface area contributed by atoms with Gasteiger partial charge >= 0.3 is 0 Å². The highest BCUT2D eigenvalue weighted by molar-refractivity contribution is 5.51. The van der Waals surface area contributed by atoms with Crippen LogP contribution in [0.2, 0.25) is 0 Å². The summed E-state index contributed by atoms with van der Waals surface area (Å²) in [6, 6.07) is 10.8. The zero-order valence-electron chi connectivity index (χ0n) is 11.6. The Morgan fingerprint density at radius 3 is 2.21 bits per heavy atom. The molecule has 1 aromatic carbocycles. The van der Waals surface area contributed by atoms with E-state index in [1.165, 1.54) is 11.4 Å². The van der Waals surface area contributed by atoms with Crippen molar-refractivity contribution in [3.63, 3.8) is 0 Å². The highest BCUT2D eigenvalue weighted by Gasteiger charge is 2.10. The molecule has 1 fully saturated rings. The number of anilines is 1. The summed E-state index contributed by atoms with van der Waals surface area (Å²) in [5.41, 5.74) is 4.66. The summed E-state index contributed by atoms with van der Waals surface area (Å²) in [5.74, 6) is 0. The fourth-order valence-electron chi connectivity index (χ4n) is 2.62. The van der Waals surface area contributed by atoms with Gasteiger partial charge < -0.3 is 10.2 Å². The zero-order valence-corrected chi connectivity index (χ0v) is 11.6. The van der Waals surface area contributed by atoms with E-state index in [9.17, 15) is 0 Å². The molecule has 1 saturated heterocycles. The molecule has 2 aromatic rings. The lowest BCUT2D eigenvalue weighted by molar-refractivity contribution is 0.589. The normalized spacial score (nSPS) is 15.8. The van der Waals surface area contributed by atoms with Crippen molar-refractivity contribution in [1.82, 2.24) is 15.1 Å². The largest absolute Gasteiger partial charge is 0.369 e. The van der Waals surface area contributed by atoms with Crippen LogP contribution in [-0.4, -0.2) is 36.0 Å². The monoisotopic (exact) mass is 256 g/mol. The van der Waals surface area contributed by atoms with Crippen molar-refractivity contribution < 1.29 is 0 Å². The molecule has 2 heterocycles. The van der Waals surface area contributed by atoms with Gasteiger partial charge in [-0.3, -0.25) is 0 Å². The minimum absolute atomic E-state index is 1.06. The quantitative estimate of drug-likeness (QED) is 0.891. The summed E-state index contributed by atoms with van der Waals surface area (Å²) in [5, 5.41) is 7.89. The van der Waals surface area contributed by atoms with Crippen molar-refractivity contribution in [2.24, 2.45) is 0 Å². The summed E-state index contributed by atoms with van der Waals surface area (Å²) < 4.78 is 2.00. The molecule has 4 heteroatoms. The van der Waals surface area contributed by atoms with E-state index in [0.717, 1.165) is 37.6 Å². The Labute approximate surface area is 114 Å². The van der Waals surface area contributed by atoms with Gasteiger partial charge in [0.05, 0.1) is 11.4 Å². The van der Waals surface area contributed by atoms with Crippen LogP contribution in [0.1, 0.15) is 11.4 Å². The SMILES string of the molecule is Cc1cc(C)n(-c2ccc(N3CCNCC3)cc2)n1. The fraction of sp³-hybridized carbons (Fsp3) is 0.400. The third-order valence-electron chi connectivity index (χ3n) is 3.59. The number of nitrogens with zero attached hydrogens (tertiary/aromatic N) is 3. The number of rotatable bonds is 2. The molecular weight excluding hydrogens is 236 g/mol. The number of nitrogens with one attached hydrogen (secondary N) is 1. The Morgan fingerprint density at radius 2 is 1.63 bits per heavy atom.